The molecule has 0 amide bonds. The molecule has 0 spiro atoms. The first-order chi connectivity index (χ1) is 10.6. The highest BCUT2D eigenvalue weighted by atomic mass is 16.6. The van der Waals surface area contributed by atoms with Crippen molar-refractivity contribution in [3.05, 3.63) is 28.3 Å². The van der Waals surface area contributed by atoms with Gasteiger partial charge >= 0.3 is 5.69 Å². The number of likely N-dealkylation sites (N-methyl/N-ethyl adjacent to an activating group) is 1. The van der Waals surface area contributed by atoms with E-state index in [1.807, 2.05) is 7.05 Å². The third kappa shape index (κ3) is 3.66. The van der Waals surface area contributed by atoms with Gasteiger partial charge in [0, 0.05) is 57.7 Å². The number of methoxy groups -OCH3 is 2. The summed E-state index contributed by atoms with van der Waals surface area (Å²) in [6.07, 6.45) is 1.07. The van der Waals surface area contributed by atoms with Crippen LogP contribution < -0.4 is 9.64 Å². The monoisotopic (exact) mass is 309 g/mol. The molecule has 122 valence electrons. The van der Waals surface area contributed by atoms with Gasteiger partial charge in [-0.05, 0) is 12.5 Å². The summed E-state index contributed by atoms with van der Waals surface area (Å²) < 4.78 is 10.3. The standard InChI is InChI=1S/C15H23N3O4/c1-16(13-6-7-17(11-13)8-9-21-2)12-4-5-14(18(19)20)15(10-12)22-3/h4-5,10,13H,6-9,11H2,1-3H3/t13-/m0/s1. The molecule has 0 unspecified atom stereocenters. The Morgan fingerprint density at radius 1 is 1.45 bits per heavy atom. The van der Waals surface area contributed by atoms with Crippen molar-refractivity contribution in [2.24, 2.45) is 0 Å². The first kappa shape index (κ1) is 16.5. The molecule has 0 radical (unpaired) electrons. The minimum atomic E-state index is -0.426. The first-order valence-electron chi connectivity index (χ1n) is 7.33. The topological polar surface area (TPSA) is 68.1 Å². The molecular weight excluding hydrogens is 286 g/mol. The summed E-state index contributed by atoms with van der Waals surface area (Å²) in [5, 5.41) is 11.0. The quantitative estimate of drug-likeness (QED) is 0.565. The highest BCUT2D eigenvalue weighted by molar-refractivity contribution is 5.59. The second-order valence-electron chi connectivity index (χ2n) is 5.46. The fourth-order valence-corrected chi connectivity index (χ4v) is 2.80. The van der Waals surface area contributed by atoms with Crippen molar-refractivity contribution in [2.45, 2.75) is 12.5 Å². The second kappa shape index (κ2) is 7.42. The smallest absolute Gasteiger partial charge is 0.311 e. The molecule has 1 atom stereocenters. The van der Waals surface area contributed by atoms with E-state index in [-0.39, 0.29) is 5.69 Å². The van der Waals surface area contributed by atoms with E-state index in [0.717, 1.165) is 38.3 Å². The molecule has 1 aliphatic rings. The van der Waals surface area contributed by atoms with Crippen molar-refractivity contribution >= 4 is 11.4 Å². The third-order valence-electron chi connectivity index (χ3n) is 4.17. The fraction of sp³-hybridized carbons (Fsp3) is 0.600. The van der Waals surface area contributed by atoms with Crippen LogP contribution in [0.2, 0.25) is 0 Å². The average molecular weight is 309 g/mol. The van der Waals surface area contributed by atoms with Crippen LogP contribution in [0.5, 0.6) is 5.75 Å². The Labute approximate surface area is 130 Å². The van der Waals surface area contributed by atoms with Gasteiger partial charge in [0.1, 0.15) is 0 Å². The van der Waals surface area contributed by atoms with Crippen LogP contribution in [0.4, 0.5) is 11.4 Å². The SMILES string of the molecule is COCCN1CC[C@H](N(C)c2ccc([N+](=O)[O-])c(OC)c2)C1. The van der Waals surface area contributed by atoms with E-state index in [1.54, 1.807) is 19.2 Å². The second-order valence-corrected chi connectivity index (χ2v) is 5.46. The third-order valence-corrected chi connectivity index (χ3v) is 4.17. The lowest BCUT2D eigenvalue weighted by atomic mass is 10.2. The number of nitro benzene ring substituents is 1. The predicted octanol–water partition coefficient (Wildman–Crippen LogP) is 1.76. The Kier molecular flexibility index (Phi) is 5.57. The van der Waals surface area contributed by atoms with Gasteiger partial charge in [0.25, 0.3) is 0 Å². The molecule has 1 saturated heterocycles. The largest absolute Gasteiger partial charge is 0.490 e. The summed E-state index contributed by atoms with van der Waals surface area (Å²) in [4.78, 5) is 15.1. The normalized spacial score (nSPS) is 18.4. The van der Waals surface area contributed by atoms with Crippen LogP contribution in [-0.4, -0.2) is 63.4 Å². The van der Waals surface area contributed by atoms with Crippen LogP contribution in [0.1, 0.15) is 6.42 Å². The summed E-state index contributed by atoms with van der Waals surface area (Å²) >= 11 is 0. The zero-order valence-electron chi connectivity index (χ0n) is 13.3. The van der Waals surface area contributed by atoms with Gasteiger partial charge in [-0.2, -0.15) is 0 Å². The number of anilines is 1. The highest BCUT2D eigenvalue weighted by Gasteiger charge is 2.26. The number of rotatable bonds is 7. The van der Waals surface area contributed by atoms with Crippen molar-refractivity contribution < 1.29 is 14.4 Å². The Morgan fingerprint density at radius 3 is 2.86 bits per heavy atom. The minimum absolute atomic E-state index is 0.00667. The fourth-order valence-electron chi connectivity index (χ4n) is 2.80. The lowest BCUT2D eigenvalue weighted by Gasteiger charge is -2.27. The molecule has 2 rings (SSSR count). The maximum absolute atomic E-state index is 11.0. The molecular formula is C15H23N3O4. The summed E-state index contributed by atoms with van der Waals surface area (Å²) in [7, 11) is 5.18. The number of nitro groups is 1. The van der Waals surface area contributed by atoms with Gasteiger partial charge in [0.2, 0.25) is 0 Å². The van der Waals surface area contributed by atoms with Crippen LogP contribution in [0.15, 0.2) is 18.2 Å². The Bertz CT molecular complexity index is 524. The molecule has 0 aromatic heterocycles. The van der Waals surface area contributed by atoms with Crippen molar-refractivity contribution in [1.82, 2.24) is 4.90 Å². The molecule has 0 saturated carbocycles. The number of ether oxygens (including phenoxy) is 2. The van der Waals surface area contributed by atoms with Gasteiger partial charge in [-0.3, -0.25) is 15.0 Å². The number of likely N-dealkylation sites (tertiary alicyclic amines) is 1. The van der Waals surface area contributed by atoms with E-state index in [4.69, 9.17) is 9.47 Å². The molecule has 1 heterocycles. The Morgan fingerprint density at radius 2 is 2.23 bits per heavy atom. The van der Waals surface area contributed by atoms with Gasteiger partial charge in [0.05, 0.1) is 18.6 Å². The zero-order chi connectivity index (χ0) is 16.1. The lowest BCUT2D eigenvalue weighted by Crippen LogP contribution is -2.35. The molecule has 7 heteroatoms. The molecule has 1 fully saturated rings. The molecule has 0 bridgehead atoms. The van der Waals surface area contributed by atoms with E-state index in [2.05, 4.69) is 9.80 Å². The van der Waals surface area contributed by atoms with Gasteiger partial charge in [-0.1, -0.05) is 0 Å². The molecule has 22 heavy (non-hydrogen) atoms. The van der Waals surface area contributed by atoms with Crippen molar-refractivity contribution in [2.75, 3.05) is 52.4 Å². The van der Waals surface area contributed by atoms with Crippen molar-refractivity contribution in [1.29, 1.82) is 0 Å². The van der Waals surface area contributed by atoms with Crippen molar-refractivity contribution in [3.8, 4) is 5.75 Å². The maximum atomic E-state index is 11.0. The van der Waals surface area contributed by atoms with E-state index in [0.29, 0.717) is 11.8 Å². The summed E-state index contributed by atoms with van der Waals surface area (Å²) in [6, 6.07) is 5.40. The van der Waals surface area contributed by atoms with Crippen LogP contribution in [0.3, 0.4) is 0 Å². The first-order valence-corrected chi connectivity index (χ1v) is 7.33. The number of nitrogens with zero attached hydrogens (tertiary/aromatic N) is 3. The maximum Gasteiger partial charge on any atom is 0.311 e. The summed E-state index contributed by atoms with van der Waals surface area (Å²) in [6.45, 7) is 3.69. The zero-order valence-corrected chi connectivity index (χ0v) is 13.3. The summed E-state index contributed by atoms with van der Waals surface area (Å²) in [5.74, 6) is 0.295. The van der Waals surface area contributed by atoms with Gasteiger partial charge in [-0.25, -0.2) is 0 Å². The van der Waals surface area contributed by atoms with Gasteiger partial charge < -0.3 is 14.4 Å². The van der Waals surface area contributed by atoms with Gasteiger partial charge in [-0.15, -0.1) is 0 Å². The van der Waals surface area contributed by atoms with E-state index in [9.17, 15) is 10.1 Å². The van der Waals surface area contributed by atoms with E-state index < -0.39 is 4.92 Å². The Hall–Kier alpha value is -1.86. The molecule has 1 aromatic rings. The predicted molar refractivity (Wildman–Crippen MR) is 84.8 cm³/mol. The molecule has 1 aromatic carbocycles. The van der Waals surface area contributed by atoms with E-state index >= 15 is 0 Å². The van der Waals surface area contributed by atoms with Crippen LogP contribution in [-0.2, 0) is 4.74 Å². The van der Waals surface area contributed by atoms with Crippen LogP contribution in [0.25, 0.3) is 0 Å². The summed E-state index contributed by atoms with van der Waals surface area (Å²) in [5.41, 5.74) is 0.925. The molecule has 0 N–H and O–H groups in total. The van der Waals surface area contributed by atoms with Gasteiger partial charge in [0.15, 0.2) is 5.75 Å². The number of hydrogen-bond donors (Lipinski definition) is 0. The Balaban J connectivity index is 2.07. The molecule has 7 nitrogen and oxygen atoms in total. The van der Waals surface area contributed by atoms with Crippen LogP contribution in [0, 0.1) is 10.1 Å². The lowest BCUT2D eigenvalue weighted by molar-refractivity contribution is -0.385. The number of benzene rings is 1. The average Bonchev–Trinajstić information content (AvgIpc) is 3.00. The van der Waals surface area contributed by atoms with Crippen LogP contribution >= 0.6 is 0 Å². The highest BCUT2D eigenvalue weighted by Crippen LogP contribution is 2.32. The number of hydrogen-bond acceptors (Lipinski definition) is 6. The molecule has 0 aliphatic carbocycles. The minimum Gasteiger partial charge on any atom is -0.490 e. The van der Waals surface area contributed by atoms with Crippen molar-refractivity contribution in [3.63, 3.8) is 0 Å². The molecule has 1 aliphatic heterocycles. The van der Waals surface area contributed by atoms with E-state index in [1.165, 1.54) is 13.2 Å².